The molecule has 1 heterocycles. The highest BCUT2D eigenvalue weighted by atomic mass is 32.2. The van der Waals surface area contributed by atoms with Crippen LogP contribution in [0.25, 0.3) is 10.2 Å². The lowest BCUT2D eigenvalue weighted by Crippen LogP contribution is -2.39. The van der Waals surface area contributed by atoms with Gasteiger partial charge in [0.15, 0.2) is 4.34 Å². The number of para-hydroxylation sites is 1. The highest BCUT2D eigenvalue weighted by molar-refractivity contribution is 8.02. The number of carbonyl (C=O) groups is 1. The summed E-state index contributed by atoms with van der Waals surface area (Å²) in [6.07, 6.45) is 1.42. The van der Waals surface area contributed by atoms with Crippen LogP contribution in [-0.2, 0) is 4.79 Å². The van der Waals surface area contributed by atoms with Gasteiger partial charge in [-0.25, -0.2) is 4.98 Å². The molecule has 0 radical (unpaired) electrons. The molecule has 6 heteroatoms. The van der Waals surface area contributed by atoms with Crippen molar-refractivity contribution in [3.8, 4) is 0 Å². The maximum absolute atomic E-state index is 12.2. The first-order valence-electron chi connectivity index (χ1n) is 7.07. The molecule has 0 aliphatic heterocycles. The van der Waals surface area contributed by atoms with E-state index in [2.05, 4.69) is 10.3 Å². The lowest BCUT2D eigenvalue weighted by Gasteiger charge is -2.18. The van der Waals surface area contributed by atoms with Gasteiger partial charge in [0.05, 0.1) is 15.5 Å². The Morgan fingerprint density at radius 3 is 2.90 bits per heavy atom. The topological polar surface area (TPSA) is 62.2 Å². The van der Waals surface area contributed by atoms with Crippen LogP contribution in [0.2, 0.25) is 0 Å². The average Bonchev–Trinajstić information content (AvgIpc) is 2.88. The normalized spacial score (nSPS) is 14.0. The van der Waals surface area contributed by atoms with Gasteiger partial charge in [-0.3, -0.25) is 4.79 Å². The van der Waals surface area contributed by atoms with Gasteiger partial charge in [-0.05, 0) is 31.9 Å². The van der Waals surface area contributed by atoms with Gasteiger partial charge in [0.25, 0.3) is 0 Å². The van der Waals surface area contributed by atoms with E-state index in [0.717, 1.165) is 21.0 Å². The summed E-state index contributed by atoms with van der Waals surface area (Å²) in [4.78, 5) is 16.7. The Bertz CT molecular complexity index is 567. The van der Waals surface area contributed by atoms with E-state index in [1.807, 2.05) is 38.1 Å². The van der Waals surface area contributed by atoms with Gasteiger partial charge in [-0.15, -0.1) is 11.3 Å². The maximum Gasteiger partial charge on any atom is 0.233 e. The predicted octanol–water partition coefficient (Wildman–Crippen LogP) is 3.05. The van der Waals surface area contributed by atoms with E-state index in [4.69, 9.17) is 5.11 Å². The van der Waals surface area contributed by atoms with E-state index in [9.17, 15) is 4.79 Å². The number of thiazole rings is 1. The van der Waals surface area contributed by atoms with Crippen molar-refractivity contribution < 1.29 is 9.90 Å². The summed E-state index contributed by atoms with van der Waals surface area (Å²) in [6, 6.07) is 8.02. The molecule has 0 fully saturated rings. The molecule has 2 N–H and O–H groups in total. The molecule has 0 aliphatic rings. The van der Waals surface area contributed by atoms with Gasteiger partial charge >= 0.3 is 0 Å². The fraction of sp³-hybridized carbons (Fsp3) is 0.467. The molecule has 0 bridgehead atoms. The van der Waals surface area contributed by atoms with Gasteiger partial charge in [-0.2, -0.15) is 0 Å². The number of aromatic nitrogens is 1. The molecule has 0 saturated carbocycles. The average molecular weight is 324 g/mol. The predicted molar refractivity (Wildman–Crippen MR) is 88.9 cm³/mol. The van der Waals surface area contributed by atoms with E-state index < -0.39 is 0 Å². The number of carbonyl (C=O) groups excluding carboxylic acids is 1. The standard InChI is InChI=1S/C15H20N2O2S2/c1-3-11(8-9-18)16-14(19)10(2)20-15-17-12-6-4-5-7-13(12)21-15/h4-7,10-11,18H,3,8-9H2,1-2H3,(H,16,19). The van der Waals surface area contributed by atoms with Crippen molar-refractivity contribution in [1.82, 2.24) is 10.3 Å². The third-order valence-corrected chi connectivity index (χ3v) is 5.47. The Morgan fingerprint density at radius 1 is 1.48 bits per heavy atom. The number of aliphatic hydroxyl groups excluding tert-OH is 1. The first-order valence-corrected chi connectivity index (χ1v) is 8.77. The molecule has 1 aromatic carbocycles. The summed E-state index contributed by atoms with van der Waals surface area (Å²) in [5.74, 6) is -0.000411. The number of rotatable bonds is 7. The van der Waals surface area contributed by atoms with Gasteiger partial charge in [0.2, 0.25) is 5.91 Å². The quantitative estimate of drug-likeness (QED) is 0.769. The smallest absolute Gasteiger partial charge is 0.233 e. The summed E-state index contributed by atoms with van der Waals surface area (Å²) < 4.78 is 2.05. The van der Waals surface area contributed by atoms with Crippen LogP contribution in [-0.4, -0.2) is 33.9 Å². The Morgan fingerprint density at radius 2 is 2.24 bits per heavy atom. The van der Waals surface area contributed by atoms with Crippen LogP contribution >= 0.6 is 23.1 Å². The van der Waals surface area contributed by atoms with Gasteiger partial charge in [-0.1, -0.05) is 30.8 Å². The molecule has 0 aliphatic carbocycles. The van der Waals surface area contributed by atoms with Gasteiger partial charge in [0.1, 0.15) is 0 Å². The van der Waals surface area contributed by atoms with E-state index in [1.54, 1.807) is 11.3 Å². The number of hydrogen-bond donors (Lipinski definition) is 2. The number of amides is 1. The zero-order valence-electron chi connectivity index (χ0n) is 12.2. The van der Waals surface area contributed by atoms with Crippen molar-refractivity contribution in [2.45, 2.75) is 42.3 Å². The van der Waals surface area contributed by atoms with Crippen LogP contribution < -0.4 is 5.32 Å². The molecule has 0 saturated heterocycles. The van der Waals surface area contributed by atoms with Crippen LogP contribution in [0.5, 0.6) is 0 Å². The molecule has 114 valence electrons. The molecule has 2 aromatic rings. The molecule has 2 rings (SSSR count). The van der Waals surface area contributed by atoms with Gasteiger partial charge in [0, 0.05) is 12.6 Å². The van der Waals surface area contributed by atoms with Crippen LogP contribution in [0, 0.1) is 0 Å². The van der Waals surface area contributed by atoms with E-state index in [1.165, 1.54) is 11.8 Å². The van der Waals surface area contributed by atoms with Crippen molar-refractivity contribution in [3.63, 3.8) is 0 Å². The van der Waals surface area contributed by atoms with Crippen LogP contribution in [0.1, 0.15) is 26.7 Å². The molecule has 21 heavy (non-hydrogen) atoms. The Balaban J connectivity index is 1.96. The summed E-state index contributed by atoms with van der Waals surface area (Å²) in [5.41, 5.74) is 0.976. The molecular formula is C15H20N2O2S2. The number of thioether (sulfide) groups is 1. The van der Waals surface area contributed by atoms with E-state index >= 15 is 0 Å². The van der Waals surface area contributed by atoms with E-state index in [-0.39, 0.29) is 23.8 Å². The van der Waals surface area contributed by atoms with Crippen molar-refractivity contribution in [1.29, 1.82) is 0 Å². The number of fused-ring (bicyclic) bond motifs is 1. The largest absolute Gasteiger partial charge is 0.396 e. The number of nitrogens with one attached hydrogen (secondary N) is 1. The lowest BCUT2D eigenvalue weighted by molar-refractivity contribution is -0.121. The molecule has 1 aromatic heterocycles. The third kappa shape index (κ3) is 4.43. The highest BCUT2D eigenvalue weighted by Gasteiger charge is 2.19. The fourth-order valence-corrected chi connectivity index (χ4v) is 4.18. The minimum atomic E-state index is -0.196. The zero-order chi connectivity index (χ0) is 15.2. The van der Waals surface area contributed by atoms with Crippen LogP contribution in [0.4, 0.5) is 0 Å². The van der Waals surface area contributed by atoms with Crippen LogP contribution in [0.3, 0.4) is 0 Å². The molecule has 1 amide bonds. The Kier molecular flexibility index (Phi) is 6.02. The molecule has 4 nitrogen and oxygen atoms in total. The van der Waals surface area contributed by atoms with Crippen molar-refractivity contribution >= 4 is 39.2 Å². The summed E-state index contributed by atoms with van der Waals surface area (Å²) >= 11 is 3.09. The fourth-order valence-electron chi connectivity index (χ4n) is 1.96. The Hall–Kier alpha value is -1.11. The molecular weight excluding hydrogens is 304 g/mol. The number of aliphatic hydroxyl groups is 1. The minimum absolute atomic E-state index is 0.000411. The lowest BCUT2D eigenvalue weighted by atomic mass is 10.1. The van der Waals surface area contributed by atoms with Crippen LogP contribution in [0.15, 0.2) is 28.6 Å². The SMILES string of the molecule is CCC(CCO)NC(=O)C(C)Sc1nc2ccccc2s1. The molecule has 0 spiro atoms. The molecule has 2 atom stereocenters. The van der Waals surface area contributed by atoms with Crippen molar-refractivity contribution in [3.05, 3.63) is 24.3 Å². The summed E-state index contributed by atoms with van der Waals surface area (Å²) in [7, 11) is 0. The first kappa shape index (κ1) is 16.3. The first-order chi connectivity index (χ1) is 10.1. The second kappa shape index (κ2) is 7.77. The minimum Gasteiger partial charge on any atom is -0.396 e. The number of benzene rings is 1. The summed E-state index contributed by atoms with van der Waals surface area (Å²) in [5, 5.41) is 11.8. The van der Waals surface area contributed by atoms with E-state index in [0.29, 0.717) is 6.42 Å². The Labute approximate surface area is 133 Å². The maximum atomic E-state index is 12.2. The second-order valence-corrected chi connectivity index (χ2v) is 7.45. The third-order valence-electron chi connectivity index (χ3n) is 3.24. The zero-order valence-corrected chi connectivity index (χ0v) is 13.8. The number of hydrogen-bond acceptors (Lipinski definition) is 5. The molecule has 2 unspecified atom stereocenters. The summed E-state index contributed by atoms with van der Waals surface area (Å²) in [6.45, 7) is 3.99. The monoisotopic (exact) mass is 324 g/mol. The number of nitrogens with zero attached hydrogens (tertiary/aromatic N) is 1. The van der Waals surface area contributed by atoms with Gasteiger partial charge < -0.3 is 10.4 Å². The van der Waals surface area contributed by atoms with Crippen molar-refractivity contribution in [2.24, 2.45) is 0 Å². The second-order valence-electron chi connectivity index (χ2n) is 4.83. The highest BCUT2D eigenvalue weighted by Crippen LogP contribution is 2.31. The van der Waals surface area contributed by atoms with Crippen molar-refractivity contribution in [2.75, 3.05) is 6.61 Å².